The number of nitrogens with zero attached hydrogens (tertiary/aromatic N) is 4. The number of hydrogen-bond donors (Lipinski definition) is 1. The quantitative estimate of drug-likeness (QED) is 0.276. The summed E-state index contributed by atoms with van der Waals surface area (Å²) in [7, 11) is 0. The van der Waals surface area contributed by atoms with E-state index in [1.165, 1.54) is 19.3 Å². The molecule has 0 spiro atoms. The molecule has 0 saturated carbocycles. The van der Waals surface area contributed by atoms with Gasteiger partial charge < -0.3 is 5.32 Å². The first-order valence-electron chi connectivity index (χ1n) is 12.0. The van der Waals surface area contributed by atoms with Gasteiger partial charge in [-0.05, 0) is 42.2 Å². The van der Waals surface area contributed by atoms with Gasteiger partial charge in [-0.25, -0.2) is 0 Å². The zero-order chi connectivity index (χ0) is 23.4. The smallest absolute Gasteiger partial charge is 0.251 e. The first-order chi connectivity index (χ1) is 16.8. The number of benzene rings is 2. The Morgan fingerprint density at radius 2 is 1.53 bits per heavy atom. The highest BCUT2D eigenvalue weighted by molar-refractivity contribution is 6.00. The fourth-order valence-corrected chi connectivity index (χ4v) is 4.01. The third kappa shape index (κ3) is 6.61. The SMILES string of the molecule is O=C(NCCCCCCCCn1cc(-c2cccnc2)nn1)c1ccccc1-c1ccccc1. The van der Waals surface area contributed by atoms with E-state index in [4.69, 9.17) is 0 Å². The first-order valence-corrected chi connectivity index (χ1v) is 12.0. The largest absolute Gasteiger partial charge is 0.352 e. The molecule has 34 heavy (non-hydrogen) atoms. The van der Waals surface area contributed by atoms with Crippen molar-refractivity contribution in [1.29, 1.82) is 0 Å². The van der Waals surface area contributed by atoms with Gasteiger partial charge in [-0.3, -0.25) is 14.5 Å². The molecule has 0 saturated heterocycles. The molecule has 0 aliphatic heterocycles. The average molecular weight is 454 g/mol. The number of rotatable bonds is 12. The van der Waals surface area contributed by atoms with Gasteiger partial charge in [0.25, 0.3) is 5.91 Å². The Hall–Kier alpha value is -3.80. The minimum Gasteiger partial charge on any atom is -0.352 e. The van der Waals surface area contributed by atoms with Crippen LogP contribution in [0.5, 0.6) is 0 Å². The van der Waals surface area contributed by atoms with Gasteiger partial charge in [-0.1, -0.05) is 79.4 Å². The predicted octanol–water partition coefficient (Wildman–Crippen LogP) is 5.78. The van der Waals surface area contributed by atoms with Crippen LogP contribution in [0.25, 0.3) is 22.4 Å². The molecule has 4 aromatic rings. The van der Waals surface area contributed by atoms with E-state index in [0.717, 1.165) is 53.8 Å². The van der Waals surface area contributed by atoms with E-state index in [-0.39, 0.29) is 5.91 Å². The van der Waals surface area contributed by atoms with Crippen LogP contribution < -0.4 is 5.32 Å². The van der Waals surface area contributed by atoms with Crippen LogP contribution in [0.2, 0.25) is 0 Å². The topological polar surface area (TPSA) is 72.7 Å². The van der Waals surface area contributed by atoms with Crippen LogP contribution >= 0.6 is 0 Å². The van der Waals surface area contributed by atoms with Gasteiger partial charge in [0.1, 0.15) is 5.69 Å². The van der Waals surface area contributed by atoms with Crippen LogP contribution in [0.3, 0.4) is 0 Å². The minimum absolute atomic E-state index is 0.00191. The van der Waals surface area contributed by atoms with Gasteiger partial charge in [-0.2, -0.15) is 0 Å². The van der Waals surface area contributed by atoms with Crippen molar-refractivity contribution in [3.05, 3.63) is 90.9 Å². The van der Waals surface area contributed by atoms with Crippen LogP contribution in [-0.2, 0) is 6.54 Å². The molecule has 2 heterocycles. The molecule has 6 heteroatoms. The van der Waals surface area contributed by atoms with Crippen molar-refractivity contribution < 1.29 is 4.79 Å². The van der Waals surface area contributed by atoms with Gasteiger partial charge in [-0.15, -0.1) is 5.10 Å². The lowest BCUT2D eigenvalue weighted by atomic mass is 9.99. The Balaban J connectivity index is 1.10. The second kappa shape index (κ2) is 12.4. The minimum atomic E-state index is -0.00191. The monoisotopic (exact) mass is 453 g/mol. The summed E-state index contributed by atoms with van der Waals surface area (Å²) < 4.78 is 1.91. The van der Waals surface area contributed by atoms with Crippen molar-refractivity contribution in [2.45, 2.75) is 45.1 Å². The molecule has 2 aromatic heterocycles. The first kappa shape index (κ1) is 23.4. The van der Waals surface area contributed by atoms with Gasteiger partial charge in [0.15, 0.2) is 0 Å². The van der Waals surface area contributed by atoms with Crippen LogP contribution in [0.4, 0.5) is 0 Å². The molecule has 1 amide bonds. The number of amides is 1. The molecule has 174 valence electrons. The van der Waals surface area contributed by atoms with Gasteiger partial charge in [0.2, 0.25) is 0 Å². The number of carbonyl (C=O) groups is 1. The molecule has 0 fully saturated rings. The Morgan fingerprint density at radius 1 is 0.794 bits per heavy atom. The van der Waals surface area contributed by atoms with Crippen LogP contribution in [0.15, 0.2) is 85.3 Å². The summed E-state index contributed by atoms with van der Waals surface area (Å²) in [6, 6.07) is 21.7. The number of nitrogens with one attached hydrogen (secondary N) is 1. The summed E-state index contributed by atoms with van der Waals surface area (Å²) in [4.78, 5) is 16.8. The van der Waals surface area contributed by atoms with Crippen molar-refractivity contribution in [3.63, 3.8) is 0 Å². The highest BCUT2D eigenvalue weighted by Gasteiger charge is 2.11. The van der Waals surface area contributed by atoms with Gasteiger partial charge in [0, 0.05) is 36.6 Å². The second-order valence-corrected chi connectivity index (χ2v) is 8.40. The highest BCUT2D eigenvalue weighted by Crippen LogP contribution is 2.23. The van der Waals surface area contributed by atoms with Crippen LogP contribution in [0.1, 0.15) is 48.9 Å². The molecule has 0 unspecified atom stereocenters. The molecule has 1 N–H and O–H groups in total. The van der Waals surface area contributed by atoms with E-state index in [0.29, 0.717) is 6.54 Å². The lowest BCUT2D eigenvalue weighted by Gasteiger charge is -2.10. The fraction of sp³-hybridized carbons (Fsp3) is 0.286. The molecular weight excluding hydrogens is 422 g/mol. The van der Waals surface area contributed by atoms with E-state index in [9.17, 15) is 4.79 Å². The van der Waals surface area contributed by atoms with Gasteiger partial charge >= 0.3 is 0 Å². The molecular formula is C28H31N5O. The van der Waals surface area contributed by atoms with Crippen molar-refractivity contribution in [2.75, 3.05) is 6.54 Å². The summed E-state index contributed by atoms with van der Waals surface area (Å²) >= 11 is 0. The highest BCUT2D eigenvalue weighted by atomic mass is 16.1. The second-order valence-electron chi connectivity index (χ2n) is 8.40. The zero-order valence-electron chi connectivity index (χ0n) is 19.4. The Bertz CT molecular complexity index is 1160. The Morgan fingerprint density at radius 3 is 2.35 bits per heavy atom. The summed E-state index contributed by atoms with van der Waals surface area (Å²) in [5.41, 5.74) is 4.62. The average Bonchev–Trinajstić information content (AvgIpc) is 3.37. The molecule has 0 bridgehead atoms. The van der Waals surface area contributed by atoms with Gasteiger partial charge in [0.05, 0.1) is 6.20 Å². The zero-order valence-corrected chi connectivity index (χ0v) is 19.4. The maximum Gasteiger partial charge on any atom is 0.251 e. The molecule has 6 nitrogen and oxygen atoms in total. The van der Waals surface area contributed by atoms with E-state index in [2.05, 4.69) is 20.6 Å². The lowest BCUT2D eigenvalue weighted by Crippen LogP contribution is -2.25. The maximum absolute atomic E-state index is 12.7. The number of aryl methyl sites for hydroxylation is 1. The summed E-state index contributed by atoms with van der Waals surface area (Å²) in [6.07, 6.45) is 12.3. The molecule has 0 radical (unpaired) electrons. The van der Waals surface area contributed by atoms with E-state index in [1.807, 2.05) is 77.6 Å². The number of unbranched alkanes of at least 4 members (excludes halogenated alkanes) is 5. The van der Waals surface area contributed by atoms with Crippen molar-refractivity contribution in [1.82, 2.24) is 25.3 Å². The number of aromatic nitrogens is 4. The Labute approximate surface area is 201 Å². The summed E-state index contributed by atoms with van der Waals surface area (Å²) in [5.74, 6) is -0.00191. The van der Waals surface area contributed by atoms with Crippen molar-refractivity contribution in [2.24, 2.45) is 0 Å². The predicted molar refractivity (Wildman–Crippen MR) is 135 cm³/mol. The lowest BCUT2D eigenvalue weighted by molar-refractivity contribution is 0.0953. The molecule has 0 aliphatic carbocycles. The number of hydrogen-bond acceptors (Lipinski definition) is 4. The number of pyridine rings is 1. The van der Waals surface area contributed by atoms with Crippen molar-refractivity contribution in [3.8, 4) is 22.4 Å². The van der Waals surface area contributed by atoms with E-state index in [1.54, 1.807) is 12.4 Å². The molecule has 0 atom stereocenters. The fourth-order valence-electron chi connectivity index (χ4n) is 4.01. The van der Waals surface area contributed by atoms with Crippen molar-refractivity contribution >= 4 is 5.91 Å². The normalized spacial score (nSPS) is 10.8. The van der Waals surface area contributed by atoms with E-state index >= 15 is 0 Å². The molecule has 4 rings (SSSR count). The summed E-state index contributed by atoms with van der Waals surface area (Å²) in [5, 5.41) is 11.5. The van der Waals surface area contributed by atoms with Crippen LogP contribution in [-0.4, -0.2) is 32.4 Å². The Kier molecular flexibility index (Phi) is 8.55. The standard InChI is InChI=1S/C28H31N5O/c34-28(26-17-9-8-16-25(26)23-13-6-5-7-14-23)30-19-10-3-1-2-4-11-20-33-22-27(31-32-33)24-15-12-18-29-21-24/h5-9,12-18,21-22H,1-4,10-11,19-20H2,(H,30,34). The third-order valence-electron chi connectivity index (χ3n) is 5.85. The molecule has 0 aliphatic rings. The van der Waals surface area contributed by atoms with E-state index < -0.39 is 0 Å². The van der Waals surface area contributed by atoms with Crippen LogP contribution in [0, 0.1) is 0 Å². The molecule has 2 aromatic carbocycles. The number of carbonyl (C=O) groups excluding carboxylic acids is 1. The summed E-state index contributed by atoms with van der Waals surface area (Å²) in [6.45, 7) is 1.59. The third-order valence-corrected chi connectivity index (χ3v) is 5.85. The maximum atomic E-state index is 12.7.